The van der Waals surface area contributed by atoms with Crippen molar-refractivity contribution in [2.24, 2.45) is 0 Å². The second-order valence-corrected chi connectivity index (χ2v) is 24.9. The second kappa shape index (κ2) is 17.8. The summed E-state index contributed by atoms with van der Waals surface area (Å²) in [5.41, 5.74) is 0.467. The van der Waals surface area contributed by atoms with Crippen molar-refractivity contribution in [1.29, 1.82) is 0 Å². The van der Waals surface area contributed by atoms with Gasteiger partial charge < -0.3 is 23.7 Å². The van der Waals surface area contributed by atoms with Crippen molar-refractivity contribution in [3.05, 3.63) is 120 Å². The van der Waals surface area contributed by atoms with E-state index < -0.39 is 81.3 Å². The molecule has 348 valence electrons. The zero-order valence-corrected chi connectivity index (χ0v) is 40.6. The number of fused-ring (bicyclic) bond motifs is 2. The van der Waals surface area contributed by atoms with Gasteiger partial charge in [-0.15, -0.1) is 0 Å². The average molecular weight is 1020 g/mol. The van der Waals surface area contributed by atoms with Gasteiger partial charge in [-0.3, -0.25) is 18.2 Å². The fraction of sp³-hybridized carbons (Fsp3) is 0.163. The Hall–Kier alpha value is -5.18. The van der Waals surface area contributed by atoms with E-state index in [9.17, 15) is 51.9 Å². The van der Waals surface area contributed by atoms with E-state index in [1.54, 1.807) is 24.3 Å². The van der Waals surface area contributed by atoms with Crippen molar-refractivity contribution < 1.29 is 75.6 Å². The minimum Gasteiger partial charge on any atom is -0.496 e. The summed E-state index contributed by atoms with van der Waals surface area (Å²) in [5, 5.41) is 2.48. The van der Waals surface area contributed by atoms with Crippen LogP contribution in [0.2, 0.25) is 0 Å². The highest BCUT2D eigenvalue weighted by atomic mass is 32.2. The highest BCUT2D eigenvalue weighted by Gasteiger charge is 2.41. The Morgan fingerprint density at radius 2 is 0.667 bits per heavy atom. The van der Waals surface area contributed by atoms with Crippen LogP contribution in [-0.2, 0) is 45.9 Å². The summed E-state index contributed by atoms with van der Waals surface area (Å²) in [4.78, 5) is -1.87. The van der Waals surface area contributed by atoms with Gasteiger partial charge in [-0.2, -0.15) is 33.7 Å². The molecule has 0 radical (unpaired) electrons. The molecule has 0 spiro atoms. The summed E-state index contributed by atoms with van der Waals surface area (Å²) < 4.78 is 169. The molecule has 66 heavy (non-hydrogen) atoms. The Balaban J connectivity index is 1.56. The van der Waals surface area contributed by atoms with E-state index in [0.717, 1.165) is 24.3 Å². The minimum absolute atomic E-state index is 0.0234. The molecule has 0 bridgehead atoms. The smallest absolute Gasteiger partial charge is 0.294 e. The van der Waals surface area contributed by atoms with Crippen molar-refractivity contribution in [2.75, 3.05) is 28.4 Å². The number of benzene rings is 6. The van der Waals surface area contributed by atoms with E-state index in [2.05, 4.69) is 0 Å². The average Bonchev–Trinajstić information content (AvgIpc) is 3.25. The molecule has 1 heterocycles. The molecule has 6 aromatic carbocycles. The second-order valence-electron chi connectivity index (χ2n) is 14.9. The number of ether oxygens (including phenoxy) is 5. The molecule has 0 aliphatic carbocycles. The number of hydrogen-bond donors (Lipinski definition) is 4. The fourth-order valence-electron chi connectivity index (χ4n) is 7.64. The van der Waals surface area contributed by atoms with E-state index in [-0.39, 0.29) is 23.0 Å². The Bertz CT molecular complexity index is 3010. The van der Waals surface area contributed by atoms with E-state index >= 15 is 0 Å². The summed E-state index contributed by atoms with van der Waals surface area (Å²) in [6, 6.07) is 25.9. The molecule has 0 unspecified atom stereocenters. The van der Waals surface area contributed by atoms with Gasteiger partial charge >= 0.3 is 0 Å². The van der Waals surface area contributed by atoms with Crippen molar-refractivity contribution >= 4 is 88.1 Å². The van der Waals surface area contributed by atoms with Crippen LogP contribution in [0.1, 0.15) is 25.0 Å². The van der Waals surface area contributed by atoms with Crippen molar-refractivity contribution in [3.63, 3.8) is 0 Å². The Morgan fingerprint density at radius 1 is 0.409 bits per heavy atom. The third-order valence-electron chi connectivity index (χ3n) is 10.8. The monoisotopic (exact) mass is 1020 g/mol. The molecule has 7 rings (SSSR count). The lowest BCUT2D eigenvalue weighted by atomic mass is 9.76. The van der Waals surface area contributed by atoms with Crippen LogP contribution in [0.5, 0.6) is 34.5 Å². The van der Waals surface area contributed by atoms with Gasteiger partial charge in [0.05, 0.1) is 48.0 Å². The van der Waals surface area contributed by atoms with Crippen LogP contribution in [0, 0.1) is 0 Å². The van der Waals surface area contributed by atoms with Gasteiger partial charge in [0.2, 0.25) is 0 Å². The first-order valence-electron chi connectivity index (χ1n) is 19.0. The number of hydrogen-bond acceptors (Lipinski definition) is 13. The molecule has 0 amide bonds. The lowest BCUT2D eigenvalue weighted by Crippen LogP contribution is -2.33. The topological polar surface area (TPSA) is 264 Å². The molecule has 1 aliphatic heterocycles. The first-order chi connectivity index (χ1) is 30.8. The predicted molar refractivity (Wildman–Crippen MR) is 248 cm³/mol. The molecule has 0 fully saturated rings. The molecule has 0 saturated heterocycles. The third-order valence-corrected chi connectivity index (χ3v) is 19.3. The van der Waals surface area contributed by atoms with Crippen LogP contribution in [0.3, 0.4) is 0 Å². The lowest BCUT2D eigenvalue weighted by molar-refractivity contribution is 0.415. The molecular weight excluding hydrogens is 979 g/mol. The van der Waals surface area contributed by atoms with Gasteiger partial charge in [0.1, 0.15) is 34.5 Å². The predicted octanol–water partition coefficient (Wildman–Crippen LogP) is 4.66. The van der Waals surface area contributed by atoms with Crippen molar-refractivity contribution in [2.45, 2.75) is 38.8 Å². The van der Waals surface area contributed by atoms with E-state index in [1.807, 2.05) is 26.0 Å². The number of methoxy groups -OCH3 is 4. The Kier molecular flexibility index (Phi) is 13.1. The first kappa shape index (κ1) is 48.7. The minimum atomic E-state index is -4.71. The summed E-state index contributed by atoms with van der Waals surface area (Å²) in [6.45, 7) is 3.91. The van der Waals surface area contributed by atoms with Gasteiger partial charge in [-0.05, 0) is 64.4 Å². The van der Waals surface area contributed by atoms with Crippen LogP contribution in [0.4, 0.5) is 0 Å². The molecule has 0 saturated carbocycles. The van der Waals surface area contributed by atoms with Crippen LogP contribution in [0.15, 0.2) is 129 Å². The Morgan fingerprint density at radius 3 is 0.894 bits per heavy atom. The maximum atomic E-state index is 12.3. The van der Waals surface area contributed by atoms with E-state index in [0.29, 0.717) is 54.5 Å². The quantitative estimate of drug-likeness (QED) is 0.0854. The molecule has 0 aromatic heterocycles. The lowest BCUT2D eigenvalue weighted by Gasteiger charge is -2.38. The zero-order chi connectivity index (χ0) is 48.3. The van der Waals surface area contributed by atoms with Crippen LogP contribution >= 0.6 is 15.8 Å². The molecule has 6 aromatic rings. The molecule has 4 N–H and O–H groups in total. The van der Waals surface area contributed by atoms with Crippen LogP contribution < -0.4 is 55.5 Å². The van der Waals surface area contributed by atoms with Gasteiger partial charge in [0, 0.05) is 72.6 Å². The number of rotatable bonds is 14. The molecule has 1 aliphatic rings. The summed E-state index contributed by atoms with van der Waals surface area (Å²) in [7, 11) is -17.7. The van der Waals surface area contributed by atoms with Crippen LogP contribution in [-0.4, -0.2) is 80.3 Å². The highest BCUT2D eigenvalue weighted by Crippen LogP contribution is 2.54. The van der Waals surface area contributed by atoms with Gasteiger partial charge in [-0.25, -0.2) is 0 Å². The summed E-state index contributed by atoms with van der Waals surface area (Å²) >= 11 is 0. The summed E-state index contributed by atoms with van der Waals surface area (Å²) in [6.07, 6.45) is 0. The van der Waals surface area contributed by atoms with E-state index in [1.165, 1.54) is 77.0 Å². The first-order valence-corrected chi connectivity index (χ1v) is 27.5. The maximum absolute atomic E-state index is 12.3. The van der Waals surface area contributed by atoms with Gasteiger partial charge in [0.25, 0.3) is 40.5 Å². The highest BCUT2D eigenvalue weighted by molar-refractivity contribution is 7.86. The zero-order valence-electron chi connectivity index (χ0n) is 35.5. The number of para-hydroxylation sites is 2. The standard InChI is InChI=1S/C43H40O17P2S4/c1-43(2)29-9-7-11-39(61(35-17-13-25(63(44,45)46)21-31(35)56-3)36-18-14-26(64(47,48)49)22-32(36)57-4)41(29)60-42-30(43)10-8-12-40(42)62(37-19-15-27(65(50,51)52)23-33(37)58-5)38-20-16-28(66(53,54)55)24-34(38)59-6/h7-24H,1-6H3,(H,44,45,46)(H,47,48,49)(H,50,51,52)(H,53,54,55). The normalized spacial score (nSPS) is 13.7. The largest absolute Gasteiger partial charge is 0.496 e. The van der Waals surface area contributed by atoms with Gasteiger partial charge in [-0.1, -0.05) is 50.2 Å². The van der Waals surface area contributed by atoms with Crippen LogP contribution in [0.25, 0.3) is 0 Å². The fourth-order valence-corrected chi connectivity index (χ4v) is 14.8. The van der Waals surface area contributed by atoms with Crippen molar-refractivity contribution in [1.82, 2.24) is 0 Å². The molecule has 17 nitrogen and oxygen atoms in total. The molecule has 23 heteroatoms. The SMILES string of the molecule is COc1cc(S(=O)(=O)O)ccc1P(c1ccc(S(=O)(=O)O)cc1OC)c1cccc2c1Oc1c(P(c3ccc(S(=O)(=O)O)cc3OC)c3ccc(S(=O)(=O)O)cc3OC)cccc1C2(C)C. The summed E-state index contributed by atoms with van der Waals surface area (Å²) in [5.74, 6) is 0.719. The Labute approximate surface area is 383 Å². The third kappa shape index (κ3) is 9.12. The van der Waals surface area contributed by atoms with Crippen molar-refractivity contribution in [3.8, 4) is 34.5 Å². The molecule has 0 atom stereocenters. The van der Waals surface area contributed by atoms with Gasteiger partial charge in [0.15, 0.2) is 0 Å². The molecular formula is C43H40O17P2S4. The maximum Gasteiger partial charge on any atom is 0.294 e. The van der Waals surface area contributed by atoms with E-state index in [4.69, 9.17) is 23.7 Å².